The number of aromatic carboxylic acids is 1. The molecule has 5 heteroatoms. The Bertz CT molecular complexity index is 465. The second-order valence-electron chi connectivity index (χ2n) is 4.92. The summed E-state index contributed by atoms with van der Waals surface area (Å²) in [5.74, 6) is -0.472. The summed E-state index contributed by atoms with van der Waals surface area (Å²) in [5, 5.41) is 9.20. The molecule has 0 amide bonds. The highest BCUT2D eigenvalue weighted by atomic mass is 35.5. The molecule has 1 aromatic rings. The van der Waals surface area contributed by atoms with Crippen molar-refractivity contribution >= 4 is 17.6 Å². The van der Waals surface area contributed by atoms with E-state index in [-0.39, 0.29) is 23.9 Å². The van der Waals surface area contributed by atoms with E-state index in [2.05, 4.69) is 0 Å². The molecule has 2 unspecified atom stereocenters. The highest BCUT2D eigenvalue weighted by Crippen LogP contribution is 2.30. The molecule has 1 aliphatic rings. The molecule has 4 nitrogen and oxygen atoms in total. The first-order valence-corrected chi connectivity index (χ1v) is 6.68. The number of benzene rings is 1. The van der Waals surface area contributed by atoms with Crippen molar-refractivity contribution in [2.75, 3.05) is 0 Å². The molecule has 2 atom stereocenters. The van der Waals surface area contributed by atoms with Gasteiger partial charge < -0.3 is 14.6 Å². The van der Waals surface area contributed by atoms with E-state index < -0.39 is 5.97 Å². The number of ether oxygens (including phenoxy) is 2. The molecule has 1 aliphatic heterocycles. The van der Waals surface area contributed by atoms with Crippen LogP contribution in [0.5, 0.6) is 5.75 Å². The SMILES string of the molecule is CC1CC(Oc2ccc(C(=O)O)cc2Cl)CC(C)O1. The second-order valence-corrected chi connectivity index (χ2v) is 5.33. The Morgan fingerprint density at radius 1 is 1.37 bits per heavy atom. The minimum atomic E-state index is -0.998. The third kappa shape index (κ3) is 3.61. The molecule has 0 radical (unpaired) electrons. The average molecular weight is 285 g/mol. The smallest absolute Gasteiger partial charge is 0.335 e. The van der Waals surface area contributed by atoms with Gasteiger partial charge in [0.1, 0.15) is 11.9 Å². The standard InChI is InChI=1S/C14H17ClO4/c1-8-5-11(6-9(2)18-8)19-13-4-3-10(14(16)17)7-12(13)15/h3-4,7-9,11H,5-6H2,1-2H3,(H,16,17). The molecule has 19 heavy (non-hydrogen) atoms. The summed E-state index contributed by atoms with van der Waals surface area (Å²) in [5.41, 5.74) is 0.158. The van der Waals surface area contributed by atoms with Crippen molar-refractivity contribution in [1.29, 1.82) is 0 Å². The van der Waals surface area contributed by atoms with Gasteiger partial charge in [-0.2, -0.15) is 0 Å². The maximum Gasteiger partial charge on any atom is 0.335 e. The zero-order valence-corrected chi connectivity index (χ0v) is 11.7. The van der Waals surface area contributed by atoms with Crippen LogP contribution in [0.1, 0.15) is 37.0 Å². The van der Waals surface area contributed by atoms with Crippen LogP contribution in [0.2, 0.25) is 5.02 Å². The first kappa shape index (κ1) is 14.2. The van der Waals surface area contributed by atoms with Crippen LogP contribution in [0.15, 0.2) is 18.2 Å². The zero-order chi connectivity index (χ0) is 14.0. The maximum absolute atomic E-state index is 10.8. The monoisotopic (exact) mass is 284 g/mol. The molecule has 0 spiro atoms. The molecule has 1 heterocycles. The quantitative estimate of drug-likeness (QED) is 0.924. The van der Waals surface area contributed by atoms with Crippen molar-refractivity contribution in [2.45, 2.75) is 45.0 Å². The van der Waals surface area contributed by atoms with Crippen molar-refractivity contribution in [1.82, 2.24) is 0 Å². The fraction of sp³-hybridized carbons (Fsp3) is 0.500. The Morgan fingerprint density at radius 3 is 2.53 bits per heavy atom. The first-order chi connectivity index (χ1) is 8.95. The van der Waals surface area contributed by atoms with Gasteiger partial charge in [-0.05, 0) is 32.0 Å². The van der Waals surface area contributed by atoms with Gasteiger partial charge in [0.15, 0.2) is 0 Å². The Hall–Kier alpha value is -1.26. The average Bonchev–Trinajstić information content (AvgIpc) is 2.30. The summed E-state index contributed by atoms with van der Waals surface area (Å²) < 4.78 is 11.5. The lowest BCUT2D eigenvalue weighted by molar-refractivity contribution is -0.0721. The highest BCUT2D eigenvalue weighted by molar-refractivity contribution is 6.32. The normalized spacial score (nSPS) is 27.0. The molecule has 104 valence electrons. The van der Waals surface area contributed by atoms with Crippen molar-refractivity contribution in [3.05, 3.63) is 28.8 Å². The predicted molar refractivity (Wildman–Crippen MR) is 72.1 cm³/mol. The van der Waals surface area contributed by atoms with Crippen LogP contribution >= 0.6 is 11.6 Å². The lowest BCUT2D eigenvalue weighted by atomic mass is 10.0. The Labute approximate surface area is 117 Å². The Kier molecular flexibility index (Phi) is 4.32. The van der Waals surface area contributed by atoms with Crippen LogP contribution in [0, 0.1) is 0 Å². The molecular weight excluding hydrogens is 268 g/mol. The van der Waals surface area contributed by atoms with Gasteiger partial charge in [0.05, 0.1) is 22.8 Å². The number of carbonyl (C=O) groups is 1. The number of carboxylic acid groups (broad SMARTS) is 1. The van der Waals surface area contributed by atoms with Crippen LogP contribution in [-0.2, 0) is 4.74 Å². The molecule has 2 rings (SSSR count). The van der Waals surface area contributed by atoms with Crippen molar-refractivity contribution < 1.29 is 19.4 Å². The number of carboxylic acids is 1. The van der Waals surface area contributed by atoms with Crippen LogP contribution in [-0.4, -0.2) is 29.4 Å². The van der Waals surface area contributed by atoms with E-state index in [0.717, 1.165) is 12.8 Å². The summed E-state index contributed by atoms with van der Waals surface area (Å²) in [6.07, 6.45) is 1.98. The summed E-state index contributed by atoms with van der Waals surface area (Å²) in [7, 11) is 0. The van der Waals surface area contributed by atoms with Gasteiger partial charge in [-0.1, -0.05) is 11.6 Å². The molecule has 0 aliphatic carbocycles. The van der Waals surface area contributed by atoms with Gasteiger partial charge in [-0.25, -0.2) is 4.79 Å². The van der Waals surface area contributed by atoms with E-state index in [0.29, 0.717) is 10.8 Å². The molecule has 1 fully saturated rings. The molecule has 0 saturated carbocycles. The molecule has 1 N–H and O–H groups in total. The largest absolute Gasteiger partial charge is 0.489 e. The van der Waals surface area contributed by atoms with Crippen LogP contribution in [0.4, 0.5) is 0 Å². The Balaban J connectivity index is 2.08. The minimum Gasteiger partial charge on any atom is -0.489 e. The molecule has 1 aromatic carbocycles. The van der Waals surface area contributed by atoms with E-state index >= 15 is 0 Å². The third-order valence-corrected chi connectivity index (χ3v) is 3.42. The number of hydrogen-bond acceptors (Lipinski definition) is 3. The maximum atomic E-state index is 10.8. The van der Waals surface area contributed by atoms with Crippen LogP contribution in [0.25, 0.3) is 0 Å². The van der Waals surface area contributed by atoms with Crippen LogP contribution < -0.4 is 4.74 Å². The Morgan fingerprint density at radius 2 is 2.00 bits per heavy atom. The second kappa shape index (κ2) is 5.80. The predicted octanol–water partition coefficient (Wildman–Crippen LogP) is 3.37. The highest BCUT2D eigenvalue weighted by Gasteiger charge is 2.26. The van der Waals surface area contributed by atoms with E-state index in [1.54, 1.807) is 6.07 Å². The third-order valence-electron chi connectivity index (χ3n) is 3.13. The van der Waals surface area contributed by atoms with Gasteiger partial charge in [0, 0.05) is 12.8 Å². The van der Waals surface area contributed by atoms with E-state index in [4.69, 9.17) is 26.2 Å². The van der Waals surface area contributed by atoms with Gasteiger partial charge in [-0.3, -0.25) is 0 Å². The van der Waals surface area contributed by atoms with Gasteiger partial charge >= 0.3 is 5.97 Å². The molecule has 0 bridgehead atoms. The minimum absolute atomic E-state index is 0.0481. The first-order valence-electron chi connectivity index (χ1n) is 6.30. The number of halogens is 1. The van der Waals surface area contributed by atoms with E-state index in [9.17, 15) is 4.79 Å². The van der Waals surface area contributed by atoms with Crippen LogP contribution in [0.3, 0.4) is 0 Å². The molecule has 0 aromatic heterocycles. The summed E-state index contributed by atoms with van der Waals surface area (Å²) >= 11 is 6.05. The number of rotatable bonds is 3. The molecule has 1 saturated heterocycles. The van der Waals surface area contributed by atoms with E-state index in [1.807, 2.05) is 13.8 Å². The lowest BCUT2D eigenvalue weighted by Gasteiger charge is -2.32. The van der Waals surface area contributed by atoms with Crippen molar-refractivity contribution in [3.8, 4) is 5.75 Å². The van der Waals surface area contributed by atoms with Gasteiger partial charge in [0.2, 0.25) is 0 Å². The fourth-order valence-electron chi connectivity index (χ4n) is 2.35. The zero-order valence-electron chi connectivity index (χ0n) is 10.9. The summed E-state index contributed by atoms with van der Waals surface area (Å²) in [6.45, 7) is 4.03. The summed E-state index contributed by atoms with van der Waals surface area (Å²) in [6, 6.07) is 4.51. The number of hydrogen-bond donors (Lipinski definition) is 1. The van der Waals surface area contributed by atoms with E-state index in [1.165, 1.54) is 12.1 Å². The van der Waals surface area contributed by atoms with Gasteiger partial charge in [0.25, 0.3) is 0 Å². The fourth-order valence-corrected chi connectivity index (χ4v) is 2.57. The lowest BCUT2D eigenvalue weighted by Crippen LogP contribution is -2.35. The van der Waals surface area contributed by atoms with Crippen molar-refractivity contribution in [3.63, 3.8) is 0 Å². The van der Waals surface area contributed by atoms with Crippen molar-refractivity contribution in [2.24, 2.45) is 0 Å². The topological polar surface area (TPSA) is 55.8 Å². The molecular formula is C14H17ClO4. The van der Waals surface area contributed by atoms with Gasteiger partial charge in [-0.15, -0.1) is 0 Å². The summed E-state index contributed by atoms with van der Waals surface area (Å²) in [4.78, 5) is 10.8.